The van der Waals surface area contributed by atoms with Crippen LogP contribution in [-0.2, 0) is 34.5 Å². The molecule has 0 bridgehead atoms. The molecule has 0 amide bonds. The van der Waals surface area contributed by atoms with Gasteiger partial charge in [0, 0.05) is 31.7 Å². The number of imidazole rings is 1. The van der Waals surface area contributed by atoms with Crippen LogP contribution in [0.4, 0.5) is 30.2 Å². The maximum absolute atomic E-state index is 13.4. The van der Waals surface area contributed by atoms with Crippen molar-refractivity contribution < 1.29 is 26.4 Å². The molecule has 3 aromatic rings. The lowest BCUT2D eigenvalue weighted by molar-refractivity contribution is -0.120. The van der Waals surface area contributed by atoms with Gasteiger partial charge in [-0.05, 0) is 24.6 Å². The predicted molar refractivity (Wildman–Crippen MR) is 128 cm³/mol. The molecule has 1 N–H and O–H groups in total. The van der Waals surface area contributed by atoms with Crippen molar-refractivity contribution in [2.45, 2.75) is 36.8 Å². The third-order valence-electron chi connectivity index (χ3n) is 6.22. The minimum Gasteiger partial charge on any atom is -0.353 e. The molecule has 1 fully saturated rings. The summed E-state index contributed by atoms with van der Waals surface area (Å²) in [7, 11) is -1.94. The Morgan fingerprint density at radius 3 is 2.61 bits per heavy atom. The number of aromatic nitrogens is 3. The highest BCUT2D eigenvalue weighted by molar-refractivity contribution is 7.90. The molecule has 0 unspecified atom stereocenters. The summed E-state index contributed by atoms with van der Waals surface area (Å²) in [6.45, 7) is 0. The van der Waals surface area contributed by atoms with E-state index in [-0.39, 0.29) is 64.1 Å². The van der Waals surface area contributed by atoms with Crippen molar-refractivity contribution in [1.82, 2.24) is 14.5 Å². The Bertz CT molecular complexity index is 1520. The molecule has 36 heavy (non-hydrogen) atoms. The first-order chi connectivity index (χ1) is 17.0. The lowest BCUT2D eigenvalue weighted by Crippen LogP contribution is -2.12. The first kappa shape index (κ1) is 24.2. The zero-order chi connectivity index (χ0) is 25.8. The second-order valence-corrected chi connectivity index (χ2v) is 11.0. The molecule has 3 heterocycles. The zero-order valence-electron chi connectivity index (χ0n) is 19.4. The number of aryl methyl sites for hydroxylation is 1. The number of ketones is 1. The third-order valence-corrected chi connectivity index (χ3v) is 7.35. The van der Waals surface area contributed by atoms with Gasteiger partial charge >= 0.3 is 0 Å². The van der Waals surface area contributed by atoms with Gasteiger partial charge < -0.3 is 9.88 Å². The number of nitrogens with one attached hydrogen (secondary N) is 1. The van der Waals surface area contributed by atoms with Crippen molar-refractivity contribution in [2.24, 2.45) is 18.0 Å². The molecule has 0 spiro atoms. The van der Waals surface area contributed by atoms with Gasteiger partial charge in [-0.3, -0.25) is 9.78 Å². The summed E-state index contributed by atoms with van der Waals surface area (Å²) in [5.41, 5.74) is 2.09. The zero-order valence-corrected chi connectivity index (χ0v) is 20.2. The van der Waals surface area contributed by atoms with Crippen LogP contribution in [0.3, 0.4) is 0 Å². The Hall–Kier alpha value is -3.54. The van der Waals surface area contributed by atoms with Crippen molar-refractivity contribution in [3.8, 4) is 11.3 Å². The van der Waals surface area contributed by atoms with Crippen LogP contribution in [0.15, 0.2) is 46.7 Å². The maximum Gasteiger partial charge on any atom is 0.277 e. The van der Waals surface area contributed by atoms with Crippen LogP contribution < -0.4 is 5.32 Å². The van der Waals surface area contributed by atoms with E-state index < -0.39 is 28.4 Å². The molecule has 1 aromatic carbocycles. The lowest BCUT2D eigenvalue weighted by atomic mass is 10.1. The summed E-state index contributed by atoms with van der Waals surface area (Å²) in [5.74, 6) is -0.980. The van der Waals surface area contributed by atoms with E-state index in [0.717, 1.165) is 6.26 Å². The van der Waals surface area contributed by atoms with E-state index in [9.17, 15) is 26.4 Å². The van der Waals surface area contributed by atoms with Crippen LogP contribution >= 0.6 is 0 Å². The summed E-state index contributed by atoms with van der Waals surface area (Å²) < 4.78 is 67.2. The number of Topliss-reactive ketones (excluding diaryl/α,β-unsaturated/α-hetero) is 1. The van der Waals surface area contributed by atoms with Gasteiger partial charge in [0.1, 0.15) is 17.6 Å². The average molecular weight is 518 g/mol. The molecule has 2 aromatic heterocycles. The van der Waals surface area contributed by atoms with Crippen molar-refractivity contribution >= 4 is 38.4 Å². The topological polar surface area (TPSA) is 106 Å². The van der Waals surface area contributed by atoms with Gasteiger partial charge in [-0.1, -0.05) is 6.07 Å². The molecule has 5 rings (SSSR count). The number of hydrogen-bond acceptors (Lipinski definition) is 7. The minimum atomic E-state index is -3.72. The fraction of sp³-hybridized carbons (Fsp3) is 0.333. The number of benzene rings is 1. The second-order valence-electron chi connectivity index (χ2n) is 9.04. The number of alkyl halides is 3. The molecule has 8 nitrogen and oxygen atoms in total. The van der Waals surface area contributed by atoms with E-state index in [1.807, 2.05) is 0 Å². The monoisotopic (exact) mass is 517 g/mol. The standard InChI is InChI=1S/C24H22F3N5O3S/c1-32-11-28-10-20(32)12-3-4-16(22(5-12)36(2,34)35)30-17-6-13(7-21(33)14-8-15(14)25)29-18-9-19(24(26)27)31-23(17)18/h3-6,10-11,14-15,24H,7-9H2,1-2H3,(H,29,30)/t14-,15+/m0/s1. The highest BCUT2D eigenvalue weighted by atomic mass is 32.2. The molecule has 1 aliphatic heterocycles. The quantitative estimate of drug-likeness (QED) is 0.484. The molecular weight excluding hydrogens is 495 g/mol. The van der Waals surface area contributed by atoms with Crippen LogP contribution in [0.2, 0.25) is 0 Å². The largest absolute Gasteiger partial charge is 0.353 e. The smallest absolute Gasteiger partial charge is 0.277 e. The number of anilines is 2. The maximum atomic E-state index is 13.4. The molecule has 0 radical (unpaired) electrons. The summed E-state index contributed by atoms with van der Waals surface area (Å²) in [5, 5.41) is 3.01. The number of aliphatic imine (C=N–C) groups is 1. The van der Waals surface area contributed by atoms with Crippen LogP contribution in [-0.4, -0.2) is 53.3 Å². The molecule has 12 heteroatoms. The number of nitrogens with zero attached hydrogens (tertiary/aromatic N) is 4. The number of halogens is 3. The third kappa shape index (κ3) is 4.64. The van der Waals surface area contributed by atoms with Gasteiger partial charge in [0.25, 0.3) is 6.43 Å². The molecule has 1 aliphatic carbocycles. The van der Waals surface area contributed by atoms with E-state index in [0.29, 0.717) is 11.3 Å². The normalized spacial score (nSPS) is 18.8. The number of pyridine rings is 1. The van der Waals surface area contributed by atoms with E-state index in [4.69, 9.17) is 0 Å². The Kier molecular flexibility index (Phi) is 5.93. The lowest BCUT2D eigenvalue weighted by Gasteiger charge is -2.16. The number of hydrogen-bond donors (Lipinski definition) is 1. The van der Waals surface area contributed by atoms with E-state index in [1.165, 1.54) is 12.1 Å². The first-order valence-corrected chi connectivity index (χ1v) is 13.0. The van der Waals surface area contributed by atoms with Gasteiger partial charge in [0.05, 0.1) is 57.5 Å². The molecule has 2 aliphatic rings. The van der Waals surface area contributed by atoms with Crippen LogP contribution in [0.5, 0.6) is 0 Å². The van der Waals surface area contributed by atoms with E-state index in [2.05, 4.69) is 20.3 Å². The Labute approximate surface area is 205 Å². The van der Waals surface area contributed by atoms with Crippen molar-refractivity contribution in [1.29, 1.82) is 0 Å². The highest BCUT2D eigenvalue weighted by Gasteiger charge is 2.43. The minimum absolute atomic E-state index is 0.0151. The number of rotatable bonds is 8. The Balaban J connectivity index is 1.56. The summed E-state index contributed by atoms with van der Waals surface area (Å²) in [6, 6.07) is 6.26. The van der Waals surface area contributed by atoms with Crippen LogP contribution in [0, 0.1) is 5.92 Å². The first-order valence-electron chi connectivity index (χ1n) is 11.1. The van der Waals surface area contributed by atoms with Crippen LogP contribution in [0.1, 0.15) is 17.8 Å². The van der Waals surface area contributed by atoms with Crippen molar-refractivity contribution in [3.63, 3.8) is 0 Å². The van der Waals surface area contributed by atoms with Crippen LogP contribution in [0.25, 0.3) is 11.3 Å². The summed E-state index contributed by atoms with van der Waals surface area (Å²) in [6.07, 6.45) is 0.138. The van der Waals surface area contributed by atoms with Gasteiger partial charge in [-0.2, -0.15) is 0 Å². The van der Waals surface area contributed by atoms with Gasteiger partial charge in [0.15, 0.2) is 9.84 Å². The average Bonchev–Trinajstić information content (AvgIpc) is 3.16. The number of sulfone groups is 1. The molecular formula is C24H22F3N5O3S. The van der Waals surface area contributed by atoms with Gasteiger partial charge in [-0.15, -0.1) is 0 Å². The SMILES string of the molecule is Cn1cncc1-c1ccc(Nc2cc(CC(=O)[C@H]3C[C@H]3F)nc3c2N=C(C(F)F)C3)c(S(C)(=O)=O)c1. The van der Waals surface area contributed by atoms with Gasteiger partial charge in [0.2, 0.25) is 0 Å². The van der Waals surface area contributed by atoms with Gasteiger partial charge in [-0.25, -0.2) is 31.6 Å². The predicted octanol–water partition coefficient (Wildman–Crippen LogP) is 3.99. The number of carbonyl (C=O) groups is 1. The number of fused-ring (bicyclic) bond motifs is 1. The molecule has 1 saturated carbocycles. The van der Waals surface area contributed by atoms with E-state index >= 15 is 0 Å². The molecule has 2 atom stereocenters. The Morgan fingerprint density at radius 1 is 1.25 bits per heavy atom. The summed E-state index contributed by atoms with van der Waals surface area (Å²) in [4.78, 5) is 24.8. The number of carbonyl (C=O) groups excluding carboxylic acids is 1. The molecule has 0 saturated heterocycles. The van der Waals surface area contributed by atoms with Crippen molar-refractivity contribution in [2.75, 3.05) is 11.6 Å². The molecule has 188 valence electrons. The fourth-order valence-electron chi connectivity index (χ4n) is 4.24. The summed E-state index contributed by atoms with van der Waals surface area (Å²) >= 11 is 0. The van der Waals surface area contributed by atoms with E-state index in [1.54, 1.807) is 36.3 Å². The fourth-order valence-corrected chi connectivity index (χ4v) is 5.10. The van der Waals surface area contributed by atoms with Crippen molar-refractivity contribution in [3.05, 3.63) is 48.2 Å². The highest BCUT2D eigenvalue weighted by Crippen LogP contribution is 2.40. The Morgan fingerprint density at radius 2 is 2.00 bits per heavy atom. The second kappa shape index (κ2) is 8.84.